The van der Waals surface area contributed by atoms with Gasteiger partial charge in [-0.15, -0.1) is 4.68 Å². The van der Waals surface area contributed by atoms with Gasteiger partial charge >= 0.3 is 6.09 Å². The molecule has 0 saturated carbocycles. The van der Waals surface area contributed by atoms with E-state index in [1.807, 2.05) is 37.3 Å². The van der Waals surface area contributed by atoms with Crippen molar-refractivity contribution < 1.29 is 14.3 Å². The van der Waals surface area contributed by atoms with E-state index in [1.165, 1.54) is 12.8 Å². The minimum atomic E-state index is -0.692. The second-order valence-corrected chi connectivity index (χ2v) is 9.95. The number of hydrogen-bond acceptors (Lipinski definition) is 6. The Balaban J connectivity index is 1.57. The fourth-order valence-electron chi connectivity index (χ4n) is 4.05. The maximum Gasteiger partial charge on any atom is 0.437 e. The van der Waals surface area contributed by atoms with Crippen LogP contribution in [0.15, 0.2) is 42.6 Å². The minimum absolute atomic E-state index is 0.141. The number of fused-ring (bicyclic) bond motifs is 1. The van der Waals surface area contributed by atoms with E-state index in [9.17, 15) is 9.59 Å². The number of carbonyl (C=O) groups excluding carboxylic acids is 2. The summed E-state index contributed by atoms with van der Waals surface area (Å²) in [5.74, 6) is -0.0375. The molecule has 1 aliphatic heterocycles. The molecule has 180 valence electrons. The van der Waals surface area contributed by atoms with Crippen LogP contribution < -0.4 is 5.32 Å². The van der Waals surface area contributed by atoms with Gasteiger partial charge in [-0.3, -0.25) is 9.78 Å². The third kappa shape index (κ3) is 5.80. The molecular weight excluding hydrogens is 430 g/mol. The average molecular weight is 464 g/mol. The summed E-state index contributed by atoms with van der Waals surface area (Å²) in [5, 5.41) is 8.37. The number of amides is 1. The van der Waals surface area contributed by atoms with Crippen molar-refractivity contribution in [2.45, 2.75) is 52.6 Å². The second kappa shape index (κ2) is 9.93. The first-order chi connectivity index (χ1) is 16.2. The van der Waals surface area contributed by atoms with Crippen molar-refractivity contribution in [3.8, 4) is 11.3 Å². The molecule has 0 aliphatic carbocycles. The summed E-state index contributed by atoms with van der Waals surface area (Å²) in [6.07, 6.45) is 4.32. The van der Waals surface area contributed by atoms with Crippen molar-refractivity contribution in [3.05, 3.63) is 42.6 Å². The summed E-state index contributed by atoms with van der Waals surface area (Å²) >= 11 is 0. The van der Waals surface area contributed by atoms with Crippen LogP contribution in [-0.4, -0.2) is 56.9 Å². The lowest BCUT2D eigenvalue weighted by molar-refractivity contribution is -0.119. The van der Waals surface area contributed by atoms with Gasteiger partial charge in [-0.2, -0.15) is 5.10 Å². The second-order valence-electron chi connectivity index (χ2n) is 9.95. The lowest BCUT2D eigenvalue weighted by atomic mass is 10.1. The SMILES string of the molecule is CC(CCN1CCCC1)C(=O)Nc1cc(-c2ccc3ncccc3c2)nn1C(=O)OC(C)(C)C. The number of nitrogens with one attached hydrogen (secondary N) is 1. The van der Waals surface area contributed by atoms with Crippen LogP contribution in [-0.2, 0) is 9.53 Å². The van der Waals surface area contributed by atoms with Crippen molar-refractivity contribution in [1.29, 1.82) is 0 Å². The maximum absolute atomic E-state index is 13.0. The van der Waals surface area contributed by atoms with E-state index in [-0.39, 0.29) is 11.8 Å². The number of pyridine rings is 1. The normalized spacial score (nSPS) is 15.4. The Hall–Kier alpha value is -3.26. The van der Waals surface area contributed by atoms with Crippen LogP contribution in [0.2, 0.25) is 0 Å². The van der Waals surface area contributed by atoms with E-state index in [0.717, 1.165) is 47.2 Å². The predicted octanol–water partition coefficient (Wildman–Crippen LogP) is 4.94. The fraction of sp³-hybridized carbons (Fsp3) is 0.462. The molecule has 1 aliphatic rings. The number of aromatic nitrogens is 3. The first-order valence-corrected chi connectivity index (χ1v) is 11.9. The number of rotatable bonds is 6. The Morgan fingerprint density at radius 1 is 1.15 bits per heavy atom. The summed E-state index contributed by atoms with van der Waals surface area (Å²) in [6.45, 7) is 10.4. The van der Waals surface area contributed by atoms with Gasteiger partial charge in [0.25, 0.3) is 0 Å². The Labute approximate surface area is 200 Å². The molecule has 1 N–H and O–H groups in total. The molecule has 0 spiro atoms. The molecular formula is C26H33N5O3. The number of ether oxygens (including phenoxy) is 1. The first-order valence-electron chi connectivity index (χ1n) is 11.9. The molecule has 2 aromatic heterocycles. The van der Waals surface area contributed by atoms with E-state index in [1.54, 1.807) is 33.0 Å². The van der Waals surface area contributed by atoms with E-state index < -0.39 is 11.7 Å². The molecule has 1 unspecified atom stereocenters. The third-order valence-corrected chi connectivity index (χ3v) is 5.95. The molecule has 3 aromatic rings. The molecule has 1 saturated heterocycles. The highest BCUT2D eigenvalue weighted by atomic mass is 16.6. The van der Waals surface area contributed by atoms with E-state index in [0.29, 0.717) is 11.5 Å². The largest absolute Gasteiger partial charge is 0.442 e. The van der Waals surface area contributed by atoms with E-state index >= 15 is 0 Å². The van der Waals surface area contributed by atoms with Gasteiger partial charge in [-0.25, -0.2) is 4.79 Å². The number of hydrogen-bond donors (Lipinski definition) is 1. The van der Waals surface area contributed by atoms with Crippen LogP contribution in [0.5, 0.6) is 0 Å². The quantitative estimate of drug-likeness (QED) is 0.557. The highest BCUT2D eigenvalue weighted by Gasteiger charge is 2.25. The predicted molar refractivity (Wildman–Crippen MR) is 133 cm³/mol. The molecule has 1 amide bonds. The molecule has 4 rings (SSSR count). The van der Waals surface area contributed by atoms with Crippen LogP contribution in [0.1, 0.15) is 47.0 Å². The standard InChI is InChI=1S/C26H33N5O3/c1-18(11-15-30-13-5-6-14-30)24(32)28-23-17-22(29-31(23)25(33)34-26(2,3)4)20-9-10-21-19(16-20)8-7-12-27-21/h7-10,12,16-18H,5-6,11,13-15H2,1-4H3,(H,28,32). The average Bonchev–Trinajstić information content (AvgIpc) is 3.46. The number of likely N-dealkylation sites (tertiary alicyclic amines) is 1. The van der Waals surface area contributed by atoms with Crippen LogP contribution >= 0.6 is 0 Å². The number of nitrogens with zero attached hydrogens (tertiary/aromatic N) is 4. The van der Waals surface area contributed by atoms with Crippen LogP contribution in [0.3, 0.4) is 0 Å². The topological polar surface area (TPSA) is 89.4 Å². The van der Waals surface area contributed by atoms with Crippen LogP contribution in [0.25, 0.3) is 22.2 Å². The van der Waals surface area contributed by atoms with Crippen molar-refractivity contribution in [2.24, 2.45) is 5.92 Å². The molecule has 3 heterocycles. The Morgan fingerprint density at radius 3 is 2.65 bits per heavy atom. The van der Waals surface area contributed by atoms with E-state index in [4.69, 9.17) is 4.74 Å². The highest BCUT2D eigenvalue weighted by molar-refractivity contribution is 5.94. The van der Waals surface area contributed by atoms with E-state index in [2.05, 4.69) is 20.3 Å². The molecule has 8 nitrogen and oxygen atoms in total. The lowest BCUT2D eigenvalue weighted by Crippen LogP contribution is -2.31. The molecule has 1 atom stereocenters. The van der Waals surface area contributed by atoms with Crippen molar-refractivity contribution in [1.82, 2.24) is 19.7 Å². The highest BCUT2D eigenvalue weighted by Crippen LogP contribution is 2.26. The van der Waals surface area contributed by atoms with Crippen molar-refractivity contribution in [3.63, 3.8) is 0 Å². The summed E-state index contributed by atoms with van der Waals surface area (Å²) in [4.78, 5) is 32.6. The van der Waals surface area contributed by atoms with Gasteiger partial charge in [0, 0.05) is 29.1 Å². The molecule has 1 aromatic carbocycles. The zero-order valence-corrected chi connectivity index (χ0v) is 20.4. The summed E-state index contributed by atoms with van der Waals surface area (Å²) in [5.41, 5.74) is 1.57. The van der Waals surface area contributed by atoms with Crippen molar-refractivity contribution >= 4 is 28.7 Å². The molecule has 1 fully saturated rings. The Morgan fingerprint density at radius 2 is 1.91 bits per heavy atom. The smallest absolute Gasteiger partial charge is 0.437 e. The Bertz CT molecular complexity index is 1170. The van der Waals surface area contributed by atoms with Gasteiger partial charge in [0.05, 0.1) is 11.2 Å². The lowest BCUT2D eigenvalue weighted by Gasteiger charge is -2.20. The summed E-state index contributed by atoms with van der Waals surface area (Å²) in [7, 11) is 0. The van der Waals surface area contributed by atoms with Gasteiger partial charge in [0.2, 0.25) is 5.91 Å². The van der Waals surface area contributed by atoms with Crippen LogP contribution in [0, 0.1) is 5.92 Å². The molecule has 0 radical (unpaired) electrons. The molecule has 0 bridgehead atoms. The first kappa shape index (κ1) is 23.9. The maximum atomic E-state index is 13.0. The Kier molecular flexibility index (Phi) is 6.97. The van der Waals surface area contributed by atoms with Crippen LogP contribution in [0.4, 0.5) is 10.6 Å². The third-order valence-electron chi connectivity index (χ3n) is 5.95. The van der Waals surface area contributed by atoms with Gasteiger partial charge in [0.15, 0.2) is 0 Å². The molecule has 8 heteroatoms. The number of anilines is 1. The van der Waals surface area contributed by atoms with Gasteiger partial charge in [0.1, 0.15) is 11.4 Å². The van der Waals surface area contributed by atoms with Gasteiger partial charge in [-0.1, -0.05) is 19.1 Å². The van der Waals surface area contributed by atoms with Crippen molar-refractivity contribution in [2.75, 3.05) is 25.0 Å². The fourth-order valence-corrected chi connectivity index (χ4v) is 4.05. The summed E-state index contributed by atoms with van der Waals surface area (Å²) in [6, 6.07) is 11.3. The summed E-state index contributed by atoms with van der Waals surface area (Å²) < 4.78 is 6.67. The monoisotopic (exact) mass is 463 g/mol. The molecule has 34 heavy (non-hydrogen) atoms. The number of benzene rings is 1. The number of carbonyl (C=O) groups is 2. The van der Waals surface area contributed by atoms with Gasteiger partial charge < -0.3 is 15.0 Å². The van der Waals surface area contributed by atoms with Gasteiger partial charge in [-0.05, 0) is 77.9 Å². The zero-order chi connectivity index (χ0) is 24.3. The minimum Gasteiger partial charge on any atom is -0.442 e. The zero-order valence-electron chi connectivity index (χ0n) is 20.4.